The maximum atomic E-state index is 12.2. The van der Waals surface area contributed by atoms with Crippen LogP contribution in [0.5, 0.6) is 0 Å². The molecule has 0 bridgehead atoms. The van der Waals surface area contributed by atoms with Gasteiger partial charge in [-0.3, -0.25) is 0 Å². The summed E-state index contributed by atoms with van der Waals surface area (Å²) in [5, 5.41) is 0. The Morgan fingerprint density at radius 3 is 2.43 bits per heavy atom. The number of hydrogen-bond donors (Lipinski definition) is 1. The molecule has 2 aromatic carbocycles. The van der Waals surface area contributed by atoms with Crippen LogP contribution in [0, 0.1) is 6.92 Å². The van der Waals surface area contributed by atoms with E-state index in [1.165, 1.54) is 11.8 Å². The molecule has 0 radical (unpaired) electrons. The van der Waals surface area contributed by atoms with E-state index >= 15 is 0 Å². The fourth-order valence-electron chi connectivity index (χ4n) is 1.77. The smallest absolute Gasteiger partial charge is 0.179 e. The zero-order valence-electron chi connectivity index (χ0n) is 11.5. The van der Waals surface area contributed by atoms with Crippen molar-refractivity contribution in [3.8, 4) is 0 Å². The van der Waals surface area contributed by atoms with E-state index in [1.54, 1.807) is 24.3 Å². The van der Waals surface area contributed by atoms with Crippen molar-refractivity contribution in [1.82, 2.24) is 0 Å². The van der Waals surface area contributed by atoms with E-state index in [9.17, 15) is 8.42 Å². The van der Waals surface area contributed by atoms with Crippen LogP contribution in [0.3, 0.4) is 0 Å². The van der Waals surface area contributed by atoms with Crippen molar-refractivity contribution in [2.24, 2.45) is 0 Å². The lowest BCUT2D eigenvalue weighted by Gasteiger charge is -2.06. The van der Waals surface area contributed by atoms with Crippen LogP contribution in [0.2, 0.25) is 0 Å². The fraction of sp³-hybridized carbons (Fsp3) is 0.200. The summed E-state index contributed by atoms with van der Waals surface area (Å²) in [6, 6.07) is 12.5. The van der Waals surface area contributed by atoms with Crippen LogP contribution in [0.1, 0.15) is 5.56 Å². The number of thioether (sulfide) groups is 1. The summed E-state index contributed by atoms with van der Waals surface area (Å²) in [5.41, 5.74) is 7.53. The van der Waals surface area contributed by atoms with Crippen LogP contribution in [-0.2, 0) is 9.84 Å². The molecule has 0 unspecified atom stereocenters. The number of nitrogens with two attached hydrogens (primary N) is 1. The zero-order valence-corrected chi connectivity index (χ0v) is 14.8. The molecule has 0 heterocycles. The largest absolute Gasteiger partial charge is 0.399 e. The van der Waals surface area contributed by atoms with Gasteiger partial charge in [0.25, 0.3) is 0 Å². The first kappa shape index (κ1) is 16.4. The van der Waals surface area contributed by atoms with Gasteiger partial charge < -0.3 is 5.73 Å². The Hall–Kier alpha value is -0.980. The zero-order chi connectivity index (χ0) is 15.5. The third-order valence-corrected chi connectivity index (χ3v) is 6.55. The van der Waals surface area contributed by atoms with Crippen molar-refractivity contribution < 1.29 is 8.42 Å². The average molecular weight is 386 g/mol. The fourth-order valence-corrected chi connectivity index (χ4v) is 4.69. The van der Waals surface area contributed by atoms with Crippen molar-refractivity contribution in [3.63, 3.8) is 0 Å². The van der Waals surface area contributed by atoms with E-state index < -0.39 is 9.84 Å². The van der Waals surface area contributed by atoms with Crippen molar-refractivity contribution >= 4 is 43.2 Å². The minimum atomic E-state index is -3.23. The van der Waals surface area contributed by atoms with Crippen LogP contribution in [0.25, 0.3) is 0 Å². The van der Waals surface area contributed by atoms with Crippen LogP contribution < -0.4 is 5.73 Å². The van der Waals surface area contributed by atoms with E-state index in [2.05, 4.69) is 15.9 Å². The summed E-state index contributed by atoms with van der Waals surface area (Å²) in [7, 11) is -3.23. The van der Waals surface area contributed by atoms with Crippen molar-refractivity contribution in [1.29, 1.82) is 0 Å². The molecule has 0 fully saturated rings. The SMILES string of the molecule is Cc1cc(SCCS(=O)(=O)c2ccc(Br)cc2)ccc1N. The number of nitrogen functional groups attached to an aromatic ring is 1. The van der Waals surface area contributed by atoms with E-state index in [0.29, 0.717) is 10.6 Å². The van der Waals surface area contributed by atoms with Crippen molar-refractivity contribution in [3.05, 3.63) is 52.5 Å². The second kappa shape index (κ2) is 6.85. The number of sulfone groups is 1. The molecule has 2 N–H and O–H groups in total. The van der Waals surface area contributed by atoms with Crippen molar-refractivity contribution in [2.45, 2.75) is 16.7 Å². The highest BCUT2D eigenvalue weighted by atomic mass is 79.9. The molecule has 0 saturated carbocycles. The lowest BCUT2D eigenvalue weighted by molar-refractivity contribution is 0.597. The van der Waals surface area contributed by atoms with Gasteiger partial charge in [0.1, 0.15) is 0 Å². The summed E-state index contributed by atoms with van der Waals surface area (Å²) < 4.78 is 25.3. The number of benzene rings is 2. The molecule has 112 valence electrons. The number of hydrogen-bond acceptors (Lipinski definition) is 4. The van der Waals surface area contributed by atoms with E-state index in [1.807, 2.05) is 25.1 Å². The highest BCUT2D eigenvalue weighted by Gasteiger charge is 2.14. The minimum absolute atomic E-state index is 0.114. The topological polar surface area (TPSA) is 60.2 Å². The molecule has 0 aliphatic heterocycles. The number of aryl methyl sites for hydroxylation is 1. The molecule has 3 nitrogen and oxygen atoms in total. The number of halogens is 1. The Morgan fingerprint density at radius 2 is 1.81 bits per heavy atom. The normalized spacial score (nSPS) is 11.5. The molecule has 0 amide bonds. The molecule has 0 aliphatic carbocycles. The van der Waals surface area contributed by atoms with Gasteiger partial charge in [0.2, 0.25) is 0 Å². The summed E-state index contributed by atoms with van der Waals surface area (Å²) in [5.74, 6) is 0.629. The molecule has 2 rings (SSSR count). The van der Waals surface area contributed by atoms with Crippen molar-refractivity contribution in [2.75, 3.05) is 17.2 Å². The first-order valence-corrected chi connectivity index (χ1v) is 9.79. The highest BCUT2D eigenvalue weighted by molar-refractivity contribution is 9.10. The van der Waals surface area contributed by atoms with Gasteiger partial charge in [-0.25, -0.2) is 8.42 Å². The molecule has 0 aliphatic rings. The van der Waals surface area contributed by atoms with Gasteiger partial charge >= 0.3 is 0 Å². The number of rotatable bonds is 5. The first-order chi connectivity index (χ1) is 9.88. The predicted molar refractivity (Wildman–Crippen MR) is 92.5 cm³/mol. The molecule has 2 aromatic rings. The Balaban J connectivity index is 1.98. The van der Waals surface area contributed by atoms with E-state index in [4.69, 9.17) is 5.73 Å². The third-order valence-electron chi connectivity index (χ3n) is 3.03. The molecule has 0 aromatic heterocycles. The van der Waals surface area contributed by atoms with Gasteiger partial charge in [-0.05, 0) is 55.0 Å². The Kier molecular flexibility index (Phi) is 5.35. The molecular weight excluding hydrogens is 370 g/mol. The standard InChI is InChI=1S/C15H16BrNO2S2/c1-11-10-13(4-7-15(11)17)20-8-9-21(18,19)14-5-2-12(16)3-6-14/h2-7,10H,8-9,17H2,1H3. The molecular formula is C15H16BrNO2S2. The summed E-state index contributed by atoms with van der Waals surface area (Å²) >= 11 is 4.82. The Labute approximate surface area is 138 Å². The Bertz CT molecular complexity index is 728. The highest BCUT2D eigenvalue weighted by Crippen LogP contribution is 2.24. The molecule has 6 heteroatoms. The first-order valence-electron chi connectivity index (χ1n) is 6.36. The second-order valence-electron chi connectivity index (χ2n) is 4.64. The van der Waals surface area contributed by atoms with Gasteiger partial charge in [0, 0.05) is 20.8 Å². The molecule has 21 heavy (non-hydrogen) atoms. The van der Waals surface area contributed by atoms with Gasteiger partial charge in [0.15, 0.2) is 9.84 Å². The Morgan fingerprint density at radius 1 is 1.14 bits per heavy atom. The minimum Gasteiger partial charge on any atom is -0.399 e. The molecule has 0 saturated heterocycles. The molecule has 0 spiro atoms. The lowest BCUT2D eigenvalue weighted by Crippen LogP contribution is -2.08. The summed E-state index contributed by atoms with van der Waals surface area (Å²) in [6.45, 7) is 1.94. The molecule has 0 atom stereocenters. The van der Waals surface area contributed by atoms with Crippen LogP contribution in [0.4, 0.5) is 5.69 Å². The third kappa shape index (κ3) is 4.49. The predicted octanol–water partition coefficient (Wildman–Crippen LogP) is 3.91. The monoisotopic (exact) mass is 385 g/mol. The summed E-state index contributed by atoms with van der Waals surface area (Å²) in [6.07, 6.45) is 0. The van der Waals surface area contributed by atoms with E-state index in [-0.39, 0.29) is 5.75 Å². The van der Waals surface area contributed by atoms with Crippen LogP contribution in [0.15, 0.2) is 56.7 Å². The van der Waals surface area contributed by atoms with Gasteiger partial charge in [-0.15, -0.1) is 11.8 Å². The van der Waals surface area contributed by atoms with Crippen LogP contribution >= 0.6 is 27.7 Å². The maximum Gasteiger partial charge on any atom is 0.179 e. The van der Waals surface area contributed by atoms with Gasteiger partial charge in [-0.1, -0.05) is 15.9 Å². The van der Waals surface area contributed by atoms with E-state index in [0.717, 1.165) is 20.6 Å². The number of anilines is 1. The maximum absolute atomic E-state index is 12.2. The summed E-state index contributed by atoms with van der Waals surface area (Å²) in [4.78, 5) is 1.40. The van der Waals surface area contributed by atoms with Gasteiger partial charge in [0.05, 0.1) is 10.6 Å². The van der Waals surface area contributed by atoms with Gasteiger partial charge in [-0.2, -0.15) is 0 Å². The lowest BCUT2D eigenvalue weighted by atomic mass is 10.2. The quantitative estimate of drug-likeness (QED) is 0.625. The average Bonchev–Trinajstić information content (AvgIpc) is 2.43. The second-order valence-corrected chi connectivity index (χ2v) is 8.83. The van der Waals surface area contributed by atoms with Crippen LogP contribution in [-0.4, -0.2) is 19.9 Å².